The van der Waals surface area contributed by atoms with Gasteiger partial charge in [-0.1, -0.05) is 73.1 Å². The summed E-state index contributed by atoms with van der Waals surface area (Å²) in [6, 6.07) is 0. The van der Waals surface area contributed by atoms with E-state index in [0.29, 0.717) is 0 Å². The summed E-state index contributed by atoms with van der Waals surface area (Å²) in [4.78, 5) is 0. The van der Waals surface area contributed by atoms with Crippen molar-refractivity contribution in [1.29, 1.82) is 0 Å². The molecule has 1 aliphatic rings. The Balaban J connectivity index is 0. The van der Waals surface area contributed by atoms with Crippen molar-refractivity contribution in [2.24, 2.45) is 5.92 Å². The number of hydrogen-bond acceptors (Lipinski definition) is 0. The zero-order valence-corrected chi connectivity index (χ0v) is 9.82. The molecule has 0 heterocycles. The van der Waals surface area contributed by atoms with Crippen LogP contribution in [0, 0.1) is 5.92 Å². The van der Waals surface area contributed by atoms with E-state index in [2.05, 4.69) is 34.6 Å². The van der Waals surface area contributed by atoms with E-state index >= 15 is 0 Å². The number of rotatable bonds is 2. The lowest BCUT2D eigenvalue weighted by atomic mass is 10.4. The molecule has 0 nitrogen and oxygen atoms in total. The summed E-state index contributed by atoms with van der Waals surface area (Å²) in [6.07, 6.45) is 8.25. The monoisotopic (exact) mass is 172 g/mol. The Hall–Kier alpha value is 0. The normalized spacial score (nSPS) is 13.8. The van der Waals surface area contributed by atoms with Crippen molar-refractivity contribution < 1.29 is 0 Å². The van der Waals surface area contributed by atoms with Gasteiger partial charge in [0.05, 0.1) is 0 Å². The lowest BCUT2D eigenvalue weighted by molar-refractivity contribution is 0.886. The molecular formula is C12H28. The van der Waals surface area contributed by atoms with Gasteiger partial charge >= 0.3 is 0 Å². The molecule has 0 bridgehead atoms. The highest BCUT2D eigenvalue weighted by Crippen LogP contribution is 2.26. The van der Waals surface area contributed by atoms with Gasteiger partial charge in [-0.15, -0.1) is 0 Å². The summed E-state index contributed by atoms with van der Waals surface area (Å²) in [6.45, 7) is 11.0. The molecule has 0 saturated heterocycles. The summed E-state index contributed by atoms with van der Waals surface area (Å²) in [7, 11) is 0. The van der Waals surface area contributed by atoms with Crippen LogP contribution in [0.4, 0.5) is 0 Å². The smallest absolute Gasteiger partial charge is 0.0443 e. The van der Waals surface area contributed by atoms with Crippen LogP contribution in [0.3, 0.4) is 0 Å². The topological polar surface area (TPSA) is 0 Å². The first-order valence-corrected chi connectivity index (χ1v) is 5.72. The van der Waals surface area contributed by atoms with Gasteiger partial charge < -0.3 is 0 Å². The summed E-state index contributed by atoms with van der Waals surface area (Å²) < 4.78 is 0. The molecule has 1 saturated carbocycles. The fraction of sp³-hybridized carbons (Fsp3) is 1.00. The van der Waals surface area contributed by atoms with Crippen LogP contribution in [0.25, 0.3) is 0 Å². The largest absolute Gasteiger partial charge is 0.0654 e. The molecule has 0 aromatic carbocycles. The second kappa shape index (κ2) is 13.6. The highest BCUT2D eigenvalue weighted by molar-refractivity contribution is 4.65. The van der Waals surface area contributed by atoms with Crippen LogP contribution in [-0.2, 0) is 0 Å². The third kappa shape index (κ3) is 32.4. The second-order valence-electron chi connectivity index (χ2n) is 3.68. The molecule has 1 fully saturated rings. The quantitative estimate of drug-likeness (QED) is 0.548. The molecule has 0 aromatic heterocycles. The Morgan fingerprint density at radius 3 is 0.917 bits per heavy atom. The van der Waals surface area contributed by atoms with Gasteiger partial charge in [0.1, 0.15) is 0 Å². The molecule has 1 aliphatic carbocycles. The van der Waals surface area contributed by atoms with Crippen LogP contribution in [0.15, 0.2) is 0 Å². The van der Waals surface area contributed by atoms with Crippen LogP contribution >= 0.6 is 0 Å². The Bertz CT molecular complexity index is 45.1. The molecule has 12 heavy (non-hydrogen) atoms. The molecule has 76 valence electrons. The summed E-state index contributed by atoms with van der Waals surface area (Å²) in [5.74, 6) is 1.08. The van der Waals surface area contributed by atoms with Gasteiger partial charge in [0.25, 0.3) is 0 Å². The van der Waals surface area contributed by atoms with E-state index in [1.165, 1.54) is 38.5 Å². The van der Waals surface area contributed by atoms with Gasteiger partial charge in [-0.3, -0.25) is 0 Å². The van der Waals surface area contributed by atoms with Crippen LogP contribution in [0.1, 0.15) is 73.1 Å². The first-order valence-electron chi connectivity index (χ1n) is 5.72. The van der Waals surface area contributed by atoms with E-state index in [1.54, 1.807) is 0 Å². The van der Waals surface area contributed by atoms with E-state index in [0.717, 1.165) is 5.92 Å². The predicted molar refractivity (Wildman–Crippen MR) is 59.6 cm³/mol. The van der Waals surface area contributed by atoms with Crippen molar-refractivity contribution in [2.75, 3.05) is 0 Å². The fourth-order valence-corrected chi connectivity index (χ4v) is 0.167. The number of unbranched alkanes of at least 4 members (excludes halogenated alkanes) is 2. The average molecular weight is 172 g/mol. The standard InChI is InChI=1S/C4H8.2C4H10/c1-4-2-3-4;2*1-3-4-2/h4H,2-3H2,1H3;2*3-4H2,1-2H3. The molecule has 0 unspecified atom stereocenters. The van der Waals surface area contributed by atoms with Crippen molar-refractivity contribution in [3.63, 3.8) is 0 Å². The minimum Gasteiger partial charge on any atom is -0.0654 e. The molecule has 0 radical (unpaired) electrons. The maximum atomic E-state index is 2.28. The molecule has 0 N–H and O–H groups in total. The maximum absolute atomic E-state index is 2.28. The van der Waals surface area contributed by atoms with Crippen molar-refractivity contribution in [3.8, 4) is 0 Å². The van der Waals surface area contributed by atoms with Gasteiger partial charge in [-0.25, -0.2) is 0 Å². The highest BCUT2D eigenvalue weighted by Gasteiger charge is 2.12. The van der Waals surface area contributed by atoms with Crippen molar-refractivity contribution >= 4 is 0 Å². The van der Waals surface area contributed by atoms with Gasteiger partial charge in [0.2, 0.25) is 0 Å². The summed E-state index contributed by atoms with van der Waals surface area (Å²) in [5.41, 5.74) is 0. The lowest BCUT2D eigenvalue weighted by Gasteiger charge is -1.68. The van der Waals surface area contributed by atoms with Crippen molar-refractivity contribution in [3.05, 3.63) is 0 Å². The molecule has 0 amide bonds. The van der Waals surface area contributed by atoms with Crippen LogP contribution in [0.5, 0.6) is 0 Å². The second-order valence-corrected chi connectivity index (χ2v) is 3.68. The van der Waals surface area contributed by atoms with E-state index in [-0.39, 0.29) is 0 Å². The molecule has 0 aliphatic heterocycles. The minimum atomic E-state index is 1.08. The summed E-state index contributed by atoms with van der Waals surface area (Å²) >= 11 is 0. The van der Waals surface area contributed by atoms with E-state index in [1.807, 2.05) is 0 Å². The first-order chi connectivity index (χ1) is 5.72. The highest BCUT2D eigenvalue weighted by atomic mass is 14.2. The third-order valence-corrected chi connectivity index (χ3v) is 1.87. The van der Waals surface area contributed by atoms with Crippen LogP contribution in [-0.4, -0.2) is 0 Å². The first kappa shape index (κ1) is 14.5. The Morgan fingerprint density at radius 2 is 0.917 bits per heavy atom. The fourth-order valence-electron chi connectivity index (χ4n) is 0.167. The van der Waals surface area contributed by atoms with Crippen LogP contribution in [0.2, 0.25) is 0 Å². The molecular weight excluding hydrogens is 144 g/mol. The van der Waals surface area contributed by atoms with Gasteiger partial charge in [0, 0.05) is 0 Å². The van der Waals surface area contributed by atoms with Gasteiger partial charge in [0.15, 0.2) is 0 Å². The third-order valence-electron chi connectivity index (χ3n) is 1.87. The average Bonchev–Trinajstić information content (AvgIpc) is 2.88. The van der Waals surface area contributed by atoms with E-state index in [4.69, 9.17) is 0 Å². The van der Waals surface area contributed by atoms with Gasteiger partial charge in [-0.05, 0) is 5.92 Å². The Kier molecular flexibility index (Phi) is 16.4. The molecule has 0 atom stereocenters. The molecule has 1 rings (SSSR count). The lowest BCUT2D eigenvalue weighted by Crippen LogP contribution is -1.47. The van der Waals surface area contributed by atoms with Gasteiger partial charge in [-0.2, -0.15) is 0 Å². The van der Waals surface area contributed by atoms with Crippen molar-refractivity contribution in [2.45, 2.75) is 73.1 Å². The maximum Gasteiger partial charge on any atom is -0.0443 e. The Labute approximate surface area is 79.8 Å². The van der Waals surface area contributed by atoms with E-state index in [9.17, 15) is 0 Å². The Morgan fingerprint density at radius 1 is 0.750 bits per heavy atom. The number of hydrogen-bond donors (Lipinski definition) is 0. The van der Waals surface area contributed by atoms with Crippen molar-refractivity contribution in [1.82, 2.24) is 0 Å². The zero-order chi connectivity index (χ0) is 9.82. The van der Waals surface area contributed by atoms with E-state index < -0.39 is 0 Å². The predicted octanol–water partition coefficient (Wildman–Crippen LogP) is 5.03. The molecule has 0 heteroatoms. The minimum absolute atomic E-state index is 1.08. The molecule has 0 spiro atoms. The zero-order valence-electron chi connectivity index (χ0n) is 9.82. The SMILES string of the molecule is CC1CC1.CCCC.CCCC. The molecule has 0 aromatic rings. The van der Waals surface area contributed by atoms with Crippen LogP contribution < -0.4 is 0 Å². The summed E-state index contributed by atoms with van der Waals surface area (Å²) in [5, 5.41) is 0.